The number of nitrogens with zero attached hydrogens (tertiary/aromatic N) is 4. The minimum absolute atomic E-state index is 0.248. The molecule has 2 heterocycles. The van der Waals surface area contributed by atoms with Crippen LogP contribution in [0.15, 0.2) is 218 Å². The lowest BCUT2D eigenvalue weighted by molar-refractivity contribution is 0.825. The van der Waals surface area contributed by atoms with E-state index in [0.29, 0.717) is 17.5 Å². The van der Waals surface area contributed by atoms with E-state index in [9.17, 15) is 0 Å². The number of para-hydroxylation sites is 2. The molecule has 0 amide bonds. The molecule has 8 aromatic carbocycles. The third-order valence-corrected chi connectivity index (χ3v) is 11.8. The molecule has 2 aromatic heterocycles. The smallest absolute Gasteiger partial charge is 0.164 e. The lowest BCUT2D eigenvalue weighted by Gasteiger charge is -2.20. The van der Waals surface area contributed by atoms with Gasteiger partial charge in [-0.05, 0) is 99.5 Å². The van der Waals surface area contributed by atoms with Crippen molar-refractivity contribution < 1.29 is 0 Å². The fraction of sp³-hybridized carbons (Fsp3) is 0.0351. The summed E-state index contributed by atoms with van der Waals surface area (Å²) in [4.78, 5) is 15.0. The monoisotopic (exact) mass is 780 g/mol. The van der Waals surface area contributed by atoms with Crippen LogP contribution in [0.25, 0.3) is 90.2 Å². The Bertz CT molecular complexity index is 3150. The van der Waals surface area contributed by atoms with E-state index in [1.54, 1.807) is 0 Å². The zero-order valence-electron chi connectivity index (χ0n) is 33.4. The summed E-state index contributed by atoms with van der Waals surface area (Å²) in [7, 11) is 0. The number of benzene rings is 8. The third kappa shape index (κ3) is 7.04. The lowest BCUT2D eigenvalue weighted by Crippen LogP contribution is -2.07. The lowest BCUT2D eigenvalue weighted by atomic mass is 9.85. The molecule has 0 aliphatic heterocycles. The number of hydrogen-bond acceptors (Lipinski definition) is 3. The van der Waals surface area contributed by atoms with Crippen LogP contribution in [0.4, 0.5) is 0 Å². The predicted molar refractivity (Wildman–Crippen MR) is 251 cm³/mol. The molecule has 4 heteroatoms. The highest BCUT2D eigenvalue weighted by Gasteiger charge is 2.24. The van der Waals surface area contributed by atoms with E-state index in [1.807, 2.05) is 60.7 Å². The average molecular weight is 781 g/mol. The molecule has 1 atom stereocenters. The van der Waals surface area contributed by atoms with E-state index in [4.69, 9.17) is 15.0 Å². The Balaban J connectivity index is 0.985. The van der Waals surface area contributed by atoms with Crippen molar-refractivity contribution in [3.05, 3.63) is 235 Å². The molecule has 0 fully saturated rings. The molecular formula is C57H40N4. The third-order valence-electron chi connectivity index (χ3n) is 11.8. The van der Waals surface area contributed by atoms with Crippen molar-refractivity contribution in [1.82, 2.24) is 19.5 Å². The van der Waals surface area contributed by atoms with Crippen molar-refractivity contribution in [1.29, 1.82) is 0 Å². The van der Waals surface area contributed by atoms with E-state index in [2.05, 4.69) is 168 Å². The first-order valence-electron chi connectivity index (χ1n) is 20.9. The van der Waals surface area contributed by atoms with Gasteiger partial charge in [0, 0.05) is 39.4 Å². The molecule has 0 N–H and O–H groups in total. The van der Waals surface area contributed by atoms with Gasteiger partial charge in [-0.2, -0.15) is 0 Å². The number of rotatable bonds is 8. The highest BCUT2D eigenvalue weighted by Crippen LogP contribution is 2.40. The summed E-state index contributed by atoms with van der Waals surface area (Å²) in [5, 5.41) is 1.32. The number of fused-ring (bicyclic) bond motifs is 3. The van der Waals surface area contributed by atoms with Crippen LogP contribution in [0.2, 0.25) is 0 Å². The molecule has 0 saturated carbocycles. The van der Waals surface area contributed by atoms with Gasteiger partial charge < -0.3 is 4.57 Å². The van der Waals surface area contributed by atoms with Crippen molar-refractivity contribution in [2.45, 2.75) is 12.3 Å². The van der Waals surface area contributed by atoms with Gasteiger partial charge in [0.2, 0.25) is 0 Å². The quantitative estimate of drug-likeness (QED) is 0.154. The van der Waals surface area contributed by atoms with Crippen LogP contribution in [0.1, 0.15) is 22.7 Å². The largest absolute Gasteiger partial charge is 0.310 e. The van der Waals surface area contributed by atoms with Gasteiger partial charge in [-0.15, -0.1) is 0 Å². The Morgan fingerprint density at radius 1 is 0.377 bits per heavy atom. The van der Waals surface area contributed by atoms with Gasteiger partial charge in [0.05, 0.1) is 5.52 Å². The van der Waals surface area contributed by atoms with E-state index < -0.39 is 0 Å². The van der Waals surface area contributed by atoms with Crippen LogP contribution < -0.4 is 0 Å². The maximum atomic E-state index is 5.04. The summed E-state index contributed by atoms with van der Waals surface area (Å²) in [5.41, 5.74) is 16.2. The van der Waals surface area contributed by atoms with Crippen molar-refractivity contribution in [3.63, 3.8) is 0 Å². The molecule has 1 aliphatic carbocycles. The minimum atomic E-state index is 0.248. The number of hydrogen-bond donors (Lipinski definition) is 0. The van der Waals surface area contributed by atoms with Gasteiger partial charge in [0.1, 0.15) is 0 Å². The fourth-order valence-electron chi connectivity index (χ4n) is 8.78. The average Bonchev–Trinajstić information content (AvgIpc) is 3.68. The van der Waals surface area contributed by atoms with E-state index >= 15 is 0 Å². The van der Waals surface area contributed by atoms with Gasteiger partial charge in [-0.1, -0.05) is 176 Å². The van der Waals surface area contributed by atoms with Gasteiger partial charge >= 0.3 is 0 Å². The summed E-state index contributed by atoms with van der Waals surface area (Å²) >= 11 is 0. The van der Waals surface area contributed by atoms with Gasteiger partial charge in [0.15, 0.2) is 17.5 Å². The molecular weight excluding hydrogens is 741 g/mol. The van der Waals surface area contributed by atoms with E-state index in [-0.39, 0.29) is 5.92 Å². The van der Waals surface area contributed by atoms with Crippen LogP contribution in [-0.2, 0) is 6.42 Å². The maximum Gasteiger partial charge on any atom is 0.164 e. The molecule has 11 rings (SSSR count). The second kappa shape index (κ2) is 15.7. The maximum absolute atomic E-state index is 5.04. The van der Waals surface area contributed by atoms with E-state index in [0.717, 1.165) is 39.8 Å². The van der Waals surface area contributed by atoms with Gasteiger partial charge in [0.25, 0.3) is 0 Å². The zero-order chi connectivity index (χ0) is 40.5. The van der Waals surface area contributed by atoms with Crippen molar-refractivity contribution >= 4 is 17.0 Å². The predicted octanol–water partition coefficient (Wildman–Crippen LogP) is 14.2. The van der Waals surface area contributed by atoms with Gasteiger partial charge in [-0.25, -0.2) is 15.0 Å². The fourth-order valence-corrected chi connectivity index (χ4v) is 8.78. The molecule has 1 unspecified atom stereocenters. The summed E-state index contributed by atoms with van der Waals surface area (Å²) in [5.74, 6) is 2.18. The molecule has 61 heavy (non-hydrogen) atoms. The molecule has 0 bridgehead atoms. The summed E-state index contributed by atoms with van der Waals surface area (Å²) in [6.45, 7) is 0. The molecule has 10 aromatic rings. The van der Waals surface area contributed by atoms with Crippen LogP contribution >= 0.6 is 0 Å². The zero-order valence-corrected chi connectivity index (χ0v) is 33.4. The first kappa shape index (κ1) is 36.2. The van der Waals surface area contributed by atoms with Gasteiger partial charge in [-0.3, -0.25) is 0 Å². The Labute approximate surface area is 355 Å². The second-order valence-electron chi connectivity index (χ2n) is 15.6. The first-order valence-corrected chi connectivity index (χ1v) is 20.9. The Hall–Kier alpha value is -7.95. The van der Waals surface area contributed by atoms with Crippen molar-refractivity contribution in [2.75, 3.05) is 0 Å². The minimum Gasteiger partial charge on any atom is -0.310 e. The molecule has 4 nitrogen and oxygen atoms in total. The van der Waals surface area contributed by atoms with Crippen LogP contribution in [-0.4, -0.2) is 19.5 Å². The normalized spacial score (nSPS) is 13.3. The number of allylic oxidation sites excluding steroid dienone is 1. The molecule has 288 valence electrons. The molecule has 0 spiro atoms. The topological polar surface area (TPSA) is 43.6 Å². The number of aromatic nitrogens is 4. The Morgan fingerprint density at radius 2 is 0.836 bits per heavy atom. The summed E-state index contributed by atoms with van der Waals surface area (Å²) in [6, 6.07) is 75.1. The van der Waals surface area contributed by atoms with Crippen molar-refractivity contribution in [3.8, 4) is 73.2 Å². The highest BCUT2D eigenvalue weighted by molar-refractivity contribution is 5.91. The van der Waals surface area contributed by atoms with Crippen LogP contribution in [0, 0.1) is 0 Å². The Kier molecular flexibility index (Phi) is 9.29. The summed E-state index contributed by atoms with van der Waals surface area (Å²) in [6.07, 6.45) is 5.67. The van der Waals surface area contributed by atoms with Crippen LogP contribution in [0.5, 0.6) is 0 Å². The highest BCUT2D eigenvalue weighted by atomic mass is 15.0. The SMILES string of the molecule is C1=CC(c2cccc(-c3cc(-c4ccccc4)cc(-c4cccc(-c5nc(-c6ccccc6)nc(-c6ccccc6)n5)c4)c3)c2)Cc2c1n(-c1ccccc1)c1ccccc21. The molecule has 1 aliphatic rings. The van der Waals surface area contributed by atoms with E-state index in [1.165, 1.54) is 50.1 Å². The van der Waals surface area contributed by atoms with Crippen LogP contribution in [0.3, 0.4) is 0 Å². The summed E-state index contributed by atoms with van der Waals surface area (Å²) < 4.78 is 2.41. The van der Waals surface area contributed by atoms with Crippen molar-refractivity contribution in [2.24, 2.45) is 0 Å². The Morgan fingerprint density at radius 3 is 1.48 bits per heavy atom. The molecule has 0 saturated heterocycles. The standard InChI is InChI=1S/C57H40N4/c1-5-17-39(18-6-1)47-35-48(43-24-15-23-42(33-43)45-31-32-54-52(38-45)51-29-13-14-30-53(51)61(54)50-27-11-4-12-28-50)37-49(36-47)44-25-16-26-46(34-44)57-59-55(40-19-7-2-8-20-40)58-56(60-57)41-21-9-3-10-22-41/h1-37,45H,38H2. The molecule has 0 radical (unpaired) electrons. The first-order chi connectivity index (χ1) is 30.2. The second-order valence-corrected chi connectivity index (χ2v) is 15.6.